The minimum atomic E-state index is 0.0173. The Bertz CT molecular complexity index is 1010. The molecule has 1 aliphatic heterocycles. The SMILES string of the molecule is COc1cccc2c(=O)n3c(nc12)C(c1ccccc1N(C)C)CC3. The Labute approximate surface area is 146 Å². The molecule has 1 atom stereocenters. The number of anilines is 1. The lowest BCUT2D eigenvalue weighted by atomic mass is 9.95. The molecule has 1 unspecified atom stereocenters. The van der Waals surface area contributed by atoms with E-state index >= 15 is 0 Å². The molecule has 5 nitrogen and oxygen atoms in total. The number of hydrogen-bond acceptors (Lipinski definition) is 4. The minimum absolute atomic E-state index is 0.0173. The topological polar surface area (TPSA) is 47.4 Å². The molecule has 2 heterocycles. The molecule has 0 amide bonds. The van der Waals surface area contributed by atoms with E-state index in [2.05, 4.69) is 17.0 Å². The molecule has 1 aliphatic rings. The summed E-state index contributed by atoms with van der Waals surface area (Å²) in [7, 11) is 5.69. The Morgan fingerprint density at radius 3 is 2.72 bits per heavy atom. The lowest BCUT2D eigenvalue weighted by Gasteiger charge is -2.21. The fourth-order valence-electron chi connectivity index (χ4n) is 3.75. The summed E-state index contributed by atoms with van der Waals surface area (Å²) < 4.78 is 7.24. The number of nitrogens with zero attached hydrogens (tertiary/aromatic N) is 3. The Morgan fingerprint density at radius 1 is 1.16 bits per heavy atom. The predicted octanol–water partition coefficient (Wildman–Crippen LogP) is 3.01. The predicted molar refractivity (Wildman–Crippen MR) is 99.8 cm³/mol. The third-order valence-electron chi connectivity index (χ3n) is 4.94. The van der Waals surface area contributed by atoms with Gasteiger partial charge in [0.1, 0.15) is 17.1 Å². The van der Waals surface area contributed by atoms with Crippen LogP contribution in [0, 0.1) is 0 Å². The summed E-state index contributed by atoms with van der Waals surface area (Å²) in [6.07, 6.45) is 0.881. The van der Waals surface area contributed by atoms with Crippen molar-refractivity contribution in [2.75, 3.05) is 26.1 Å². The highest BCUT2D eigenvalue weighted by molar-refractivity contribution is 5.84. The van der Waals surface area contributed by atoms with E-state index in [1.807, 2.05) is 49.0 Å². The summed E-state index contributed by atoms with van der Waals surface area (Å²) in [6, 6.07) is 13.8. The van der Waals surface area contributed by atoms with Gasteiger partial charge in [-0.05, 0) is 30.2 Å². The first-order chi connectivity index (χ1) is 12.1. The number of para-hydroxylation sites is 2. The smallest absolute Gasteiger partial charge is 0.261 e. The second kappa shape index (κ2) is 5.92. The van der Waals surface area contributed by atoms with E-state index in [9.17, 15) is 4.79 Å². The Balaban J connectivity index is 1.96. The summed E-state index contributed by atoms with van der Waals surface area (Å²) >= 11 is 0. The average Bonchev–Trinajstić information content (AvgIpc) is 3.05. The third kappa shape index (κ3) is 2.38. The van der Waals surface area contributed by atoms with Crippen molar-refractivity contribution >= 4 is 16.6 Å². The summed E-state index contributed by atoms with van der Waals surface area (Å²) in [4.78, 5) is 19.9. The zero-order valence-electron chi connectivity index (χ0n) is 14.7. The van der Waals surface area contributed by atoms with Gasteiger partial charge in [-0.15, -0.1) is 0 Å². The highest BCUT2D eigenvalue weighted by Crippen LogP contribution is 2.38. The number of aromatic nitrogens is 2. The van der Waals surface area contributed by atoms with Gasteiger partial charge >= 0.3 is 0 Å². The second-order valence-electron chi connectivity index (χ2n) is 6.58. The summed E-state index contributed by atoms with van der Waals surface area (Å²) in [5.41, 5.74) is 3.04. The Morgan fingerprint density at radius 2 is 1.96 bits per heavy atom. The van der Waals surface area contributed by atoms with E-state index in [0.717, 1.165) is 17.9 Å². The molecule has 128 valence electrons. The van der Waals surface area contributed by atoms with Crippen molar-refractivity contribution in [3.8, 4) is 5.75 Å². The molecule has 0 spiro atoms. The van der Waals surface area contributed by atoms with Gasteiger partial charge in [0.25, 0.3) is 5.56 Å². The maximum absolute atomic E-state index is 12.9. The van der Waals surface area contributed by atoms with E-state index in [1.54, 1.807) is 7.11 Å². The average molecular weight is 335 g/mol. The van der Waals surface area contributed by atoms with E-state index < -0.39 is 0 Å². The normalized spacial score (nSPS) is 16.0. The van der Waals surface area contributed by atoms with Crippen LogP contribution in [0.15, 0.2) is 47.3 Å². The number of benzene rings is 2. The molecule has 3 aromatic rings. The number of rotatable bonds is 3. The quantitative estimate of drug-likeness (QED) is 0.738. The number of methoxy groups -OCH3 is 1. The molecule has 0 aliphatic carbocycles. The van der Waals surface area contributed by atoms with Gasteiger partial charge in [0.05, 0.1) is 12.5 Å². The zero-order valence-corrected chi connectivity index (χ0v) is 14.7. The van der Waals surface area contributed by atoms with Gasteiger partial charge in [-0.3, -0.25) is 9.36 Å². The third-order valence-corrected chi connectivity index (χ3v) is 4.94. The van der Waals surface area contributed by atoms with Crippen LogP contribution in [0.1, 0.15) is 23.7 Å². The van der Waals surface area contributed by atoms with Crippen LogP contribution >= 0.6 is 0 Å². The Kier molecular flexibility index (Phi) is 3.71. The van der Waals surface area contributed by atoms with Crippen molar-refractivity contribution in [3.05, 3.63) is 64.2 Å². The van der Waals surface area contributed by atoms with Crippen molar-refractivity contribution in [2.24, 2.45) is 0 Å². The molecule has 5 heteroatoms. The van der Waals surface area contributed by atoms with Crippen molar-refractivity contribution in [1.29, 1.82) is 0 Å². The van der Waals surface area contributed by atoms with Crippen LogP contribution in [0.25, 0.3) is 10.9 Å². The van der Waals surface area contributed by atoms with Crippen molar-refractivity contribution in [2.45, 2.75) is 18.9 Å². The molecule has 2 aromatic carbocycles. The molecule has 0 N–H and O–H groups in total. The van der Waals surface area contributed by atoms with Gasteiger partial charge in [-0.2, -0.15) is 0 Å². The molecule has 1 aromatic heterocycles. The highest BCUT2D eigenvalue weighted by atomic mass is 16.5. The van der Waals surface area contributed by atoms with Crippen LogP contribution in [0.4, 0.5) is 5.69 Å². The van der Waals surface area contributed by atoms with Crippen molar-refractivity contribution in [3.63, 3.8) is 0 Å². The molecule has 0 saturated heterocycles. The van der Waals surface area contributed by atoms with Crippen LogP contribution < -0.4 is 15.2 Å². The van der Waals surface area contributed by atoms with E-state index in [-0.39, 0.29) is 11.5 Å². The summed E-state index contributed by atoms with van der Waals surface area (Å²) in [5.74, 6) is 1.58. The molecule has 0 bridgehead atoms. The van der Waals surface area contributed by atoms with Gasteiger partial charge in [0.15, 0.2) is 0 Å². The molecular weight excluding hydrogens is 314 g/mol. The molecule has 4 rings (SSSR count). The molecule has 25 heavy (non-hydrogen) atoms. The number of fused-ring (bicyclic) bond motifs is 2. The lowest BCUT2D eigenvalue weighted by Crippen LogP contribution is -2.22. The largest absolute Gasteiger partial charge is 0.494 e. The first-order valence-corrected chi connectivity index (χ1v) is 8.45. The first-order valence-electron chi connectivity index (χ1n) is 8.45. The van der Waals surface area contributed by atoms with Gasteiger partial charge in [-0.25, -0.2) is 4.98 Å². The first kappa shape index (κ1) is 15.7. The van der Waals surface area contributed by atoms with E-state index in [1.165, 1.54) is 5.56 Å². The summed E-state index contributed by atoms with van der Waals surface area (Å²) in [5, 5.41) is 0.615. The van der Waals surface area contributed by atoms with E-state index in [4.69, 9.17) is 9.72 Å². The molecule has 0 fully saturated rings. The standard InChI is InChI=1S/C20H21N3O2/c1-22(2)16-9-5-4-7-13(16)14-11-12-23-19(14)21-18-15(20(23)24)8-6-10-17(18)25-3/h4-10,14H,11-12H2,1-3H3. The maximum atomic E-state index is 12.9. The maximum Gasteiger partial charge on any atom is 0.261 e. The molecule has 0 saturated carbocycles. The Hall–Kier alpha value is -2.82. The van der Waals surface area contributed by atoms with Crippen molar-refractivity contribution in [1.82, 2.24) is 9.55 Å². The van der Waals surface area contributed by atoms with Crippen LogP contribution in [0.2, 0.25) is 0 Å². The van der Waals surface area contributed by atoms with Gasteiger partial charge in [-0.1, -0.05) is 24.3 Å². The minimum Gasteiger partial charge on any atom is -0.494 e. The fourth-order valence-corrected chi connectivity index (χ4v) is 3.75. The lowest BCUT2D eigenvalue weighted by molar-refractivity contribution is 0.418. The van der Waals surface area contributed by atoms with Crippen LogP contribution in [-0.4, -0.2) is 30.8 Å². The van der Waals surface area contributed by atoms with Gasteiger partial charge < -0.3 is 9.64 Å². The monoisotopic (exact) mass is 335 g/mol. The van der Waals surface area contributed by atoms with Crippen LogP contribution in [-0.2, 0) is 6.54 Å². The highest BCUT2D eigenvalue weighted by Gasteiger charge is 2.30. The van der Waals surface area contributed by atoms with Crippen LogP contribution in [0.3, 0.4) is 0 Å². The van der Waals surface area contributed by atoms with E-state index in [0.29, 0.717) is 23.2 Å². The molecule has 0 radical (unpaired) electrons. The summed E-state index contributed by atoms with van der Waals surface area (Å²) in [6.45, 7) is 0.695. The van der Waals surface area contributed by atoms with Gasteiger partial charge in [0.2, 0.25) is 0 Å². The van der Waals surface area contributed by atoms with Crippen LogP contribution in [0.5, 0.6) is 5.75 Å². The fraction of sp³-hybridized carbons (Fsp3) is 0.300. The molecular formula is C20H21N3O2. The number of ether oxygens (including phenoxy) is 1. The zero-order chi connectivity index (χ0) is 17.6. The second-order valence-corrected chi connectivity index (χ2v) is 6.58. The van der Waals surface area contributed by atoms with Crippen molar-refractivity contribution < 1.29 is 4.74 Å². The number of hydrogen-bond donors (Lipinski definition) is 0. The van der Waals surface area contributed by atoms with Gasteiger partial charge in [0, 0.05) is 32.2 Å².